The summed E-state index contributed by atoms with van der Waals surface area (Å²) in [5, 5.41) is 0.526. The third kappa shape index (κ3) is 2.83. The number of hydrogen-bond acceptors (Lipinski definition) is 4. The smallest absolute Gasteiger partial charge is 0.344 e. The number of pyridine rings is 1. The second-order valence-corrected chi connectivity index (χ2v) is 4.69. The van der Waals surface area contributed by atoms with Crippen LogP contribution >= 0.6 is 0 Å². The summed E-state index contributed by atoms with van der Waals surface area (Å²) in [6.45, 7) is 0. The number of halogens is 2. The molecule has 3 rings (SSSR count). The molecule has 0 aliphatic heterocycles. The van der Waals surface area contributed by atoms with E-state index in [0.29, 0.717) is 5.39 Å². The molecule has 1 aromatic heterocycles. The van der Waals surface area contributed by atoms with Gasteiger partial charge < -0.3 is 9.47 Å². The summed E-state index contributed by atoms with van der Waals surface area (Å²) in [6, 6.07) is 10.1. The quantitative estimate of drug-likeness (QED) is 0.683. The molecule has 116 valence electrons. The lowest BCUT2D eigenvalue weighted by Crippen LogP contribution is -2.06. The largest absolute Gasteiger partial charge is 0.465 e. The van der Waals surface area contributed by atoms with Gasteiger partial charge in [0.2, 0.25) is 0 Å². The van der Waals surface area contributed by atoms with Gasteiger partial charge in [-0.05, 0) is 24.3 Å². The van der Waals surface area contributed by atoms with Crippen molar-refractivity contribution in [2.75, 3.05) is 7.11 Å². The van der Waals surface area contributed by atoms with E-state index in [2.05, 4.69) is 9.72 Å². The number of para-hydroxylation sites is 1. The zero-order valence-corrected chi connectivity index (χ0v) is 12.0. The van der Waals surface area contributed by atoms with E-state index in [1.54, 1.807) is 18.2 Å². The molecule has 0 radical (unpaired) electrons. The van der Waals surface area contributed by atoms with E-state index in [0.717, 1.165) is 13.2 Å². The van der Waals surface area contributed by atoms with Crippen molar-refractivity contribution in [1.29, 1.82) is 0 Å². The van der Waals surface area contributed by atoms with Crippen molar-refractivity contribution in [2.45, 2.75) is 0 Å². The van der Waals surface area contributed by atoms with Crippen molar-refractivity contribution in [1.82, 2.24) is 4.98 Å². The lowest BCUT2D eigenvalue weighted by molar-refractivity contribution is 0.0592. The Bertz CT molecular complexity index is 896. The Labute approximate surface area is 130 Å². The minimum absolute atomic E-state index is 0.00518. The van der Waals surface area contributed by atoms with Gasteiger partial charge in [-0.15, -0.1) is 0 Å². The maximum Gasteiger partial charge on any atom is 0.344 e. The molecule has 3 aromatic rings. The van der Waals surface area contributed by atoms with Crippen molar-refractivity contribution in [3.8, 4) is 11.5 Å². The Morgan fingerprint density at radius 1 is 1.09 bits per heavy atom. The van der Waals surface area contributed by atoms with Crippen LogP contribution in [0.15, 0.2) is 48.7 Å². The summed E-state index contributed by atoms with van der Waals surface area (Å²) in [5.41, 5.74) is -0.110. The predicted octanol–water partition coefficient (Wildman–Crippen LogP) is 4.09. The predicted molar refractivity (Wildman–Crippen MR) is 79.5 cm³/mol. The molecular formula is C17H11F2NO3. The molecule has 0 atom stereocenters. The van der Waals surface area contributed by atoms with Crippen molar-refractivity contribution in [2.24, 2.45) is 0 Å². The zero-order valence-electron chi connectivity index (χ0n) is 12.0. The summed E-state index contributed by atoms with van der Waals surface area (Å²) in [4.78, 5) is 15.7. The molecule has 0 unspecified atom stereocenters. The first kappa shape index (κ1) is 14.9. The Hall–Kier alpha value is -3.02. The summed E-state index contributed by atoms with van der Waals surface area (Å²) in [6.07, 6.45) is 1.30. The average Bonchev–Trinajstić information content (AvgIpc) is 2.54. The van der Waals surface area contributed by atoms with Crippen LogP contribution in [0.5, 0.6) is 11.5 Å². The van der Waals surface area contributed by atoms with Gasteiger partial charge in [0.15, 0.2) is 0 Å². The SMILES string of the molecule is COC(=O)c1c(F)cccc1Oc1cnc2c(F)cccc2c1. The molecule has 0 saturated carbocycles. The minimum atomic E-state index is -0.849. The number of carbonyl (C=O) groups is 1. The standard InChI is InChI=1S/C17H11F2NO3/c1-22-17(21)15-12(18)5-3-7-14(15)23-11-8-10-4-2-6-13(19)16(10)20-9-11/h2-9H,1H3. The molecule has 0 bridgehead atoms. The number of fused-ring (bicyclic) bond motifs is 1. The Morgan fingerprint density at radius 3 is 2.61 bits per heavy atom. The number of benzene rings is 2. The molecule has 0 amide bonds. The second kappa shape index (κ2) is 6.00. The van der Waals surface area contributed by atoms with Crippen LogP contribution in [0.1, 0.15) is 10.4 Å². The Kier molecular flexibility index (Phi) is 3.89. The number of aromatic nitrogens is 1. The summed E-state index contributed by atoms with van der Waals surface area (Å²) >= 11 is 0. The van der Waals surface area contributed by atoms with E-state index in [9.17, 15) is 13.6 Å². The molecule has 6 heteroatoms. The highest BCUT2D eigenvalue weighted by Gasteiger charge is 2.19. The van der Waals surface area contributed by atoms with Gasteiger partial charge in [-0.3, -0.25) is 0 Å². The van der Waals surface area contributed by atoms with Gasteiger partial charge in [0.1, 0.15) is 34.2 Å². The Morgan fingerprint density at radius 2 is 1.83 bits per heavy atom. The molecule has 0 spiro atoms. The number of rotatable bonds is 3. The summed E-state index contributed by atoms with van der Waals surface area (Å²) < 4.78 is 37.5. The molecule has 23 heavy (non-hydrogen) atoms. The van der Waals surface area contributed by atoms with E-state index in [1.165, 1.54) is 24.4 Å². The van der Waals surface area contributed by atoms with E-state index < -0.39 is 17.6 Å². The van der Waals surface area contributed by atoms with Crippen LogP contribution in [0.25, 0.3) is 10.9 Å². The highest BCUT2D eigenvalue weighted by Crippen LogP contribution is 2.29. The number of ether oxygens (including phenoxy) is 2. The number of hydrogen-bond donors (Lipinski definition) is 0. The zero-order chi connectivity index (χ0) is 16.4. The first-order valence-electron chi connectivity index (χ1n) is 6.69. The van der Waals surface area contributed by atoms with Crippen molar-refractivity contribution in [3.63, 3.8) is 0 Å². The molecule has 4 nitrogen and oxygen atoms in total. The fraction of sp³-hybridized carbons (Fsp3) is 0.0588. The first-order chi connectivity index (χ1) is 11.1. The summed E-state index contributed by atoms with van der Waals surface area (Å²) in [5.74, 6) is -1.81. The maximum absolute atomic E-state index is 13.9. The van der Waals surface area contributed by atoms with Crippen molar-refractivity contribution < 1.29 is 23.0 Å². The first-order valence-corrected chi connectivity index (χ1v) is 6.69. The van der Waals surface area contributed by atoms with Crippen LogP contribution in [-0.4, -0.2) is 18.1 Å². The second-order valence-electron chi connectivity index (χ2n) is 4.69. The van der Waals surface area contributed by atoms with Crippen molar-refractivity contribution >= 4 is 16.9 Å². The van der Waals surface area contributed by atoms with Crippen LogP contribution in [0.2, 0.25) is 0 Å². The van der Waals surface area contributed by atoms with Crippen LogP contribution in [0, 0.1) is 11.6 Å². The van der Waals surface area contributed by atoms with Crippen LogP contribution in [0.3, 0.4) is 0 Å². The van der Waals surface area contributed by atoms with Gasteiger partial charge >= 0.3 is 5.97 Å². The van der Waals surface area contributed by atoms with Gasteiger partial charge in [0, 0.05) is 5.39 Å². The van der Waals surface area contributed by atoms with Gasteiger partial charge in [0.05, 0.1) is 13.3 Å². The minimum Gasteiger partial charge on any atom is -0.465 e. The highest BCUT2D eigenvalue weighted by molar-refractivity contribution is 5.93. The lowest BCUT2D eigenvalue weighted by Gasteiger charge is -2.11. The Balaban J connectivity index is 2.03. The van der Waals surface area contributed by atoms with E-state index >= 15 is 0 Å². The van der Waals surface area contributed by atoms with Gasteiger partial charge in [-0.25, -0.2) is 18.6 Å². The lowest BCUT2D eigenvalue weighted by atomic mass is 10.2. The molecular weight excluding hydrogens is 304 g/mol. The molecule has 2 aromatic carbocycles. The topological polar surface area (TPSA) is 48.4 Å². The molecule has 0 N–H and O–H groups in total. The molecule has 0 aliphatic rings. The van der Waals surface area contributed by atoms with Crippen LogP contribution in [-0.2, 0) is 4.74 Å². The third-order valence-corrected chi connectivity index (χ3v) is 3.23. The maximum atomic E-state index is 13.9. The monoisotopic (exact) mass is 315 g/mol. The molecule has 0 fully saturated rings. The number of nitrogens with zero attached hydrogens (tertiary/aromatic N) is 1. The third-order valence-electron chi connectivity index (χ3n) is 3.23. The van der Waals surface area contributed by atoms with Crippen molar-refractivity contribution in [3.05, 3.63) is 65.9 Å². The van der Waals surface area contributed by atoms with Crippen LogP contribution < -0.4 is 4.74 Å². The molecule has 1 heterocycles. The average molecular weight is 315 g/mol. The van der Waals surface area contributed by atoms with E-state index in [4.69, 9.17) is 4.74 Å². The number of methoxy groups -OCH3 is 1. The van der Waals surface area contributed by atoms with Crippen LogP contribution in [0.4, 0.5) is 8.78 Å². The van der Waals surface area contributed by atoms with E-state index in [1.807, 2.05) is 0 Å². The normalized spacial score (nSPS) is 10.6. The fourth-order valence-electron chi connectivity index (χ4n) is 2.18. The number of esters is 1. The number of carbonyl (C=O) groups excluding carboxylic acids is 1. The highest BCUT2D eigenvalue weighted by atomic mass is 19.1. The van der Waals surface area contributed by atoms with Gasteiger partial charge in [-0.1, -0.05) is 18.2 Å². The summed E-state index contributed by atoms with van der Waals surface area (Å²) in [7, 11) is 1.15. The molecule has 0 aliphatic carbocycles. The molecule has 0 saturated heterocycles. The van der Waals surface area contributed by atoms with Gasteiger partial charge in [0.25, 0.3) is 0 Å². The fourth-order valence-corrected chi connectivity index (χ4v) is 2.18. The van der Waals surface area contributed by atoms with E-state index in [-0.39, 0.29) is 22.6 Å². The van der Waals surface area contributed by atoms with Gasteiger partial charge in [-0.2, -0.15) is 0 Å².